The Morgan fingerprint density at radius 3 is 2.03 bits per heavy atom. The molecule has 36 heavy (non-hydrogen) atoms. The van der Waals surface area contributed by atoms with Gasteiger partial charge in [-0.15, -0.1) is 0 Å². The van der Waals surface area contributed by atoms with E-state index in [0.717, 1.165) is 52.7 Å². The maximum Gasteiger partial charge on any atom is 0.305 e. The smallest absolute Gasteiger partial charge is 0.305 e. The second-order valence-electron chi connectivity index (χ2n) is 9.49. The molecule has 0 radical (unpaired) electrons. The minimum absolute atomic E-state index is 0.0367. The van der Waals surface area contributed by atoms with Crippen LogP contribution in [0.5, 0.6) is 5.75 Å². The zero-order valence-electron chi connectivity index (χ0n) is 20.0. The molecule has 1 heterocycles. The molecule has 0 atom stereocenters. The highest BCUT2D eigenvalue weighted by Crippen LogP contribution is 2.49. The highest BCUT2D eigenvalue weighted by atomic mass is 79.9. The Bertz CT molecular complexity index is 1220. The molecule has 0 aromatic heterocycles. The molecule has 6 nitrogen and oxygen atoms in total. The summed E-state index contributed by atoms with van der Waals surface area (Å²) in [4.78, 5) is 39.9. The first-order valence-corrected chi connectivity index (χ1v) is 13.2. The normalized spacial score (nSPS) is 18.3. The lowest BCUT2D eigenvalue weighted by molar-refractivity contribution is -0.137. The molecule has 0 saturated carbocycles. The second kappa shape index (κ2) is 10.4. The predicted octanol–water partition coefficient (Wildman–Crippen LogP) is 5.92. The van der Waals surface area contributed by atoms with Gasteiger partial charge in [0.1, 0.15) is 12.4 Å². The standard InChI is InChI=1S/C29H28BrNO5/c30-20-11-7-18(8-12-20)17-36-21-13-9-19(10-14-21)27-28-22(3-1-5-24(28)32)31(16-15-26(34)35)23-4-2-6-25(33)29(23)27/h7-14,27H,1-6,15-17H2,(H,34,35). The summed E-state index contributed by atoms with van der Waals surface area (Å²) in [7, 11) is 0. The molecule has 1 N–H and O–H groups in total. The first-order chi connectivity index (χ1) is 17.4. The van der Waals surface area contributed by atoms with E-state index in [1.54, 1.807) is 0 Å². The van der Waals surface area contributed by atoms with Crippen LogP contribution in [0.25, 0.3) is 0 Å². The quantitative estimate of drug-likeness (QED) is 0.461. The SMILES string of the molecule is O=C(O)CCN1C2=C(C(=O)CCC2)C(c2ccc(OCc3ccc(Br)cc3)cc2)C2=C1CCCC2=O. The third-order valence-corrected chi connectivity index (χ3v) is 7.70. The van der Waals surface area contributed by atoms with Gasteiger partial charge >= 0.3 is 5.97 Å². The zero-order chi connectivity index (χ0) is 25.2. The van der Waals surface area contributed by atoms with Crippen LogP contribution >= 0.6 is 15.9 Å². The van der Waals surface area contributed by atoms with Gasteiger partial charge in [0.2, 0.25) is 0 Å². The third-order valence-electron chi connectivity index (χ3n) is 7.17. The fourth-order valence-corrected chi connectivity index (χ4v) is 5.80. The van der Waals surface area contributed by atoms with Crippen LogP contribution in [0.2, 0.25) is 0 Å². The van der Waals surface area contributed by atoms with Gasteiger partial charge in [0.05, 0.1) is 6.42 Å². The molecule has 3 aliphatic rings. The lowest BCUT2D eigenvalue weighted by Crippen LogP contribution is -2.39. The first-order valence-electron chi connectivity index (χ1n) is 12.4. The van der Waals surface area contributed by atoms with Crippen LogP contribution in [-0.2, 0) is 21.0 Å². The molecule has 0 unspecified atom stereocenters. The summed E-state index contributed by atoms with van der Waals surface area (Å²) in [6, 6.07) is 15.6. The topological polar surface area (TPSA) is 83.9 Å². The number of benzene rings is 2. The molecule has 0 amide bonds. The summed E-state index contributed by atoms with van der Waals surface area (Å²) >= 11 is 3.44. The summed E-state index contributed by atoms with van der Waals surface area (Å²) < 4.78 is 6.98. The number of hydrogen-bond donors (Lipinski definition) is 1. The van der Waals surface area contributed by atoms with Crippen molar-refractivity contribution < 1.29 is 24.2 Å². The minimum Gasteiger partial charge on any atom is -0.489 e. The molecule has 2 aromatic rings. The van der Waals surface area contributed by atoms with E-state index in [4.69, 9.17) is 4.74 Å². The van der Waals surface area contributed by atoms with Gasteiger partial charge in [-0.05, 0) is 61.1 Å². The highest BCUT2D eigenvalue weighted by Gasteiger charge is 2.43. The number of carboxylic acid groups (broad SMARTS) is 1. The first kappa shape index (κ1) is 24.5. The number of ether oxygens (including phenoxy) is 1. The van der Waals surface area contributed by atoms with E-state index >= 15 is 0 Å². The van der Waals surface area contributed by atoms with Crippen LogP contribution in [0.15, 0.2) is 75.5 Å². The molecule has 0 spiro atoms. The number of nitrogens with zero attached hydrogens (tertiary/aromatic N) is 1. The van der Waals surface area contributed by atoms with Gasteiger partial charge in [-0.2, -0.15) is 0 Å². The molecular weight excluding hydrogens is 522 g/mol. The van der Waals surface area contributed by atoms with Gasteiger partial charge < -0.3 is 14.7 Å². The van der Waals surface area contributed by atoms with Gasteiger partial charge in [0.25, 0.3) is 0 Å². The van der Waals surface area contributed by atoms with E-state index in [9.17, 15) is 19.5 Å². The second-order valence-corrected chi connectivity index (χ2v) is 10.4. The third kappa shape index (κ3) is 4.89. The van der Waals surface area contributed by atoms with Crippen molar-refractivity contribution in [3.8, 4) is 5.75 Å². The van der Waals surface area contributed by atoms with E-state index in [-0.39, 0.29) is 24.5 Å². The van der Waals surface area contributed by atoms with E-state index in [2.05, 4.69) is 15.9 Å². The largest absolute Gasteiger partial charge is 0.489 e. The molecule has 1 aliphatic heterocycles. The fraction of sp³-hybridized carbons (Fsp3) is 0.345. The van der Waals surface area contributed by atoms with Crippen LogP contribution in [-0.4, -0.2) is 34.1 Å². The van der Waals surface area contributed by atoms with Gasteiger partial charge in [0, 0.05) is 52.3 Å². The van der Waals surface area contributed by atoms with Gasteiger partial charge in [-0.25, -0.2) is 0 Å². The van der Waals surface area contributed by atoms with Crippen LogP contribution in [0.4, 0.5) is 0 Å². The van der Waals surface area contributed by atoms with Crippen LogP contribution in [0.1, 0.15) is 62.0 Å². The Kier molecular flexibility index (Phi) is 7.10. The molecule has 0 bridgehead atoms. The lowest BCUT2D eigenvalue weighted by Gasteiger charge is -2.44. The number of carbonyl (C=O) groups excluding carboxylic acids is 2. The summed E-state index contributed by atoms with van der Waals surface area (Å²) in [5.41, 5.74) is 5.10. The van der Waals surface area contributed by atoms with E-state index in [1.165, 1.54) is 0 Å². The Morgan fingerprint density at radius 1 is 0.889 bits per heavy atom. The van der Waals surface area contributed by atoms with Gasteiger partial charge in [-0.1, -0.05) is 40.2 Å². The van der Waals surface area contributed by atoms with Gasteiger partial charge in [0.15, 0.2) is 11.6 Å². The van der Waals surface area contributed by atoms with E-state index < -0.39 is 11.9 Å². The van der Waals surface area contributed by atoms with Crippen molar-refractivity contribution >= 4 is 33.5 Å². The van der Waals surface area contributed by atoms with Crippen LogP contribution < -0.4 is 4.74 Å². The number of Topliss-reactive ketones (excluding diaryl/α,β-unsaturated/α-hetero) is 2. The number of ketones is 2. The van der Waals surface area contributed by atoms with Crippen molar-refractivity contribution in [2.75, 3.05) is 6.54 Å². The van der Waals surface area contributed by atoms with Crippen molar-refractivity contribution in [2.24, 2.45) is 0 Å². The lowest BCUT2D eigenvalue weighted by atomic mass is 9.71. The van der Waals surface area contributed by atoms with Crippen LogP contribution in [0, 0.1) is 0 Å². The van der Waals surface area contributed by atoms with Crippen molar-refractivity contribution in [1.29, 1.82) is 0 Å². The Labute approximate surface area is 218 Å². The molecule has 5 rings (SSSR count). The number of carboxylic acids is 1. The van der Waals surface area contributed by atoms with E-state index in [0.29, 0.717) is 36.3 Å². The molecule has 2 aromatic carbocycles. The summed E-state index contributed by atoms with van der Waals surface area (Å²) in [6.07, 6.45) is 3.79. The fourth-order valence-electron chi connectivity index (χ4n) is 5.53. The monoisotopic (exact) mass is 549 g/mol. The molecule has 0 saturated heterocycles. The van der Waals surface area contributed by atoms with Crippen molar-refractivity contribution in [2.45, 2.75) is 57.5 Å². The Balaban J connectivity index is 1.48. The van der Waals surface area contributed by atoms with Crippen molar-refractivity contribution in [3.05, 3.63) is 86.7 Å². The summed E-state index contributed by atoms with van der Waals surface area (Å²) in [6.45, 7) is 0.722. The number of carbonyl (C=O) groups is 3. The highest BCUT2D eigenvalue weighted by molar-refractivity contribution is 9.10. The minimum atomic E-state index is -0.885. The molecular formula is C29H28BrNO5. The molecule has 7 heteroatoms. The Hall–Kier alpha value is -3.19. The summed E-state index contributed by atoms with van der Waals surface area (Å²) in [5, 5.41) is 9.32. The maximum absolute atomic E-state index is 13.3. The number of aliphatic carboxylic acids is 1. The maximum atomic E-state index is 13.3. The van der Waals surface area contributed by atoms with Crippen LogP contribution in [0.3, 0.4) is 0 Å². The predicted molar refractivity (Wildman–Crippen MR) is 138 cm³/mol. The van der Waals surface area contributed by atoms with Crippen molar-refractivity contribution in [3.63, 3.8) is 0 Å². The van der Waals surface area contributed by atoms with Crippen molar-refractivity contribution in [1.82, 2.24) is 4.90 Å². The zero-order valence-corrected chi connectivity index (χ0v) is 21.6. The summed E-state index contributed by atoms with van der Waals surface area (Å²) in [5.74, 6) is -0.459. The number of rotatable bonds is 7. The molecule has 2 aliphatic carbocycles. The number of halogens is 1. The Morgan fingerprint density at radius 2 is 1.47 bits per heavy atom. The van der Waals surface area contributed by atoms with E-state index in [1.807, 2.05) is 53.4 Å². The number of hydrogen-bond acceptors (Lipinski definition) is 5. The number of allylic oxidation sites excluding steroid dienone is 4. The average molecular weight is 550 g/mol. The average Bonchev–Trinajstić information content (AvgIpc) is 2.87. The van der Waals surface area contributed by atoms with Gasteiger partial charge in [-0.3, -0.25) is 14.4 Å². The molecule has 0 fully saturated rings. The molecule has 186 valence electrons.